The average molecular weight is 436 g/mol. The predicted molar refractivity (Wildman–Crippen MR) is 122 cm³/mol. The number of thioether (sulfide) groups is 1. The molecule has 5 nitrogen and oxygen atoms in total. The Labute approximate surface area is 186 Å². The van der Waals surface area contributed by atoms with Gasteiger partial charge in [-0.15, -0.1) is 11.8 Å². The molecule has 1 N–H and O–H groups in total. The number of rotatable bonds is 7. The number of anilines is 1. The maximum Gasteiger partial charge on any atom is 0.257 e. The maximum atomic E-state index is 13.3. The second-order valence-corrected chi connectivity index (χ2v) is 8.44. The van der Waals surface area contributed by atoms with Crippen LogP contribution in [0, 0.1) is 0 Å². The topological polar surface area (TPSA) is 59.0 Å². The molecule has 4 rings (SSSR count). The minimum absolute atomic E-state index is 0.318. The molecule has 160 valence electrons. The van der Waals surface area contributed by atoms with Crippen LogP contribution >= 0.6 is 11.8 Å². The first-order valence-electron chi connectivity index (χ1n) is 10.2. The number of methoxy groups -OCH3 is 1. The largest absolute Gasteiger partial charge is 0.497 e. The van der Waals surface area contributed by atoms with E-state index in [4.69, 9.17) is 9.47 Å². The monoisotopic (exact) mass is 435 g/mol. The number of fused-ring (bicyclic) bond motifs is 1. The van der Waals surface area contributed by atoms with E-state index >= 15 is 0 Å². The summed E-state index contributed by atoms with van der Waals surface area (Å²) >= 11 is 1.50. The molecule has 3 aromatic carbocycles. The van der Waals surface area contributed by atoms with Crippen LogP contribution in [0.2, 0.25) is 0 Å². The first-order chi connectivity index (χ1) is 15.2. The quantitative estimate of drug-likeness (QED) is 0.556. The molecule has 31 heavy (non-hydrogen) atoms. The Bertz CT molecular complexity index is 1010. The summed E-state index contributed by atoms with van der Waals surface area (Å²) in [5.74, 6) is 0.419. The van der Waals surface area contributed by atoms with Crippen LogP contribution < -0.4 is 9.64 Å². The Morgan fingerprint density at radius 2 is 1.68 bits per heavy atom. The van der Waals surface area contributed by atoms with E-state index in [2.05, 4.69) is 0 Å². The minimum Gasteiger partial charge on any atom is -0.497 e. The molecule has 6 heteroatoms. The van der Waals surface area contributed by atoms with Crippen molar-refractivity contribution in [1.82, 2.24) is 0 Å². The fourth-order valence-electron chi connectivity index (χ4n) is 3.58. The second-order valence-electron chi connectivity index (χ2n) is 7.25. The molecule has 0 bridgehead atoms. The molecular weight excluding hydrogens is 410 g/mol. The van der Waals surface area contributed by atoms with E-state index in [9.17, 15) is 9.90 Å². The zero-order valence-corrected chi connectivity index (χ0v) is 18.1. The van der Waals surface area contributed by atoms with Crippen molar-refractivity contribution in [3.63, 3.8) is 0 Å². The number of hydrogen-bond donors (Lipinski definition) is 1. The lowest BCUT2D eigenvalue weighted by atomic mass is 10.1. The van der Waals surface area contributed by atoms with Gasteiger partial charge in [-0.3, -0.25) is 4.79 Å². The summed E-state index contributed by atoms with van der Waals surface area (Å²) in [6.07, 6.45) is -1.17. The highest BCUT2D eigenvalue weighted by molar-refractivity contribution is 7.99. The molecule has 0 saturated heterocycles. The van der Waals surface area contributed by atoms with Crippen LogP contribution in [-0.2, 0) is 16.1 Å². The smallest absolute Gasteiger partial charge is 0.257 e. The number of ether oxygens (including phenoxy) is 2. The fourth-order valence-corrected chi connectivity index (χ4v) is 4.85. The third-order valence-electron chi connectivity index (χ3n) is 5.23. The van der Waals surface area contributed by atoms with Crippen LogP contribution in [-0.4, -0.2) is 37.4 Å². The summed E-state index contributed by atoms with van der Waals surface area (Å²) in [6.45, 7) is 1.23. The number of nitrogens with zero attached hydrogens (tertiary/aromatic N) is 1. The Hall–Kier alpha value is -2.80. The number of aliphatic hydroxyl groups is 1. The van der Waals surface area contributed by atoms with Crippen molar-refractivity contribution in [3.8, 4) is 5.75 Å². The molecule has 2 atom stereocenters. The Balaban J connectivity index is 1.52. The number of carbonyl (C=O) groups is 1. The highest BCUT2D eigenvalue weighted by Crippen LogP contribution is 2.45. The van der Waals surface area contributed by atoms with Crippen LogP contribution in [0.4, 0.5) is 5.69 Å². The van der Waals surface area contributed by atoms with Crippen LogP contribution in [0.1, 0.15) is 16.4 Å². The van der Waals surface area contributed by atoms with Gasteiger partial charge in [-0.1, -0.05) is 54.6 Å². The molecule has 0 aromatic heterocycles. The Morgan fingerprint density at radius 1 is 0.968 bits per heavy atom. The molecule has 3 aromatic rings. The van der Waals surface area contributed by atoms with Gasteiger partial charge in [0.15, 0.2) is 0 Å². The third kappa shape index (κ3) is 4.93. The molecule has 1 amide bonds. The number of hydrogen-bond acceptors (Lipinski definition) is 5. The van der Waals surface area contributed by atoms with E-state index in [0.29, 0.717) is 19.8 Å². The van der Waals surface area contributed by atoms with Crippen molar-refractivity contribution in [2.75, 3.05) is 25.2 Å². The molecule has 0 unspecified atom stereocenters. The Morgan fingerprint density at radius 3 is 2.42 bits per heavy atom. The van der Waals surface area contributed by atoms with Crippen LogP contribution in [0.15, 0.2) is 83.8 Å². The lowest BCUT2D eigenvalue weighted by Crippen LogP contribution is -2.42. The van der Waals surface area contributed by atoms with Crippen LogP contribution in [0.5, 0.6) is 5.75 Å². The van der Waals surface area contributed by atoms with Gasteiger partial charge in [0.25, 0.3) is 5.91 Å². The lowest BCUT2D eigenvalue weighted by molar-refractivity contribution is -0.126. The highest BCUT2D eigenvalue weighted by Gasteiger charge is 2.37. The van der Waals surface area contributed by atoms with E-state index in [1.54, 1.807) is 12.0 Å². The standard InChI is InChI=1S/C25H25NO4S/c1-29-20-13-11-19(12-14-20)24-23(27)25(28)26(21-9-5-6-10-22(21)31-24)15-16-30-17-18-7-3-2-4-8-18/h2-14,23-24,27H,15-17H2,1H3/t23-,24+/m1/s1. The van der Waals surface area contributed by atoms with Gasteiger partial charge >= 0.3 is 0 Å². The van der Waals surface area contributed by atoms with Gasteiger partial charge in [-0.25, -0.2) is 0 Å². The van der Waals surface area contributed by atoms with E-state index in [-0.39, 0.29) is 5.91 Å². The maximum absolute atomic E-state index is 13.3. The summed E-state index contributed by atoms with van der Waals surface area (Å²) in [5.41, 5.74) is 2.76. The zero-order chi connectivity index (χ0) is 21.6. The van der Waals surface area contributed by atoms with Crippen LogP contribution in [0.25, 0.3) is 0 Å². The normalized spacial score (nSPS) is 18.4. The first kappa shape index (κ1) is 21.4. The Kier molecular flexibility index (Phi) is 6.92. The predicted octanol–water partition coefficient (Wildman–Crippen LogP) is 4.45. The third-order valence-corrected chi connectivity index (χ3v) is 6.61. The molecule has 1 aliphatic heterocycles. The number of benzene rings is 3. The zero-order valence-electron chi connectivity index (χ0n) is 17.3. The number of para-hydroxylation sites is 1. The summed E-state index contributed by atoms with van der Waals surface area (Å²) in [7, 11) is 1.61. The summed E-state index contributed by atoms with van der Waals surface area (Å²) < 4.78 is 11.0. The SMILES string of the molecule is COc1ccc([C@@H]2Sc3ccccc3N(CCOCc3ccccc3)C(=O)[C@@H]2O)cc1. The molecule has 0 radical (unpaired) electrons. The fraction of sp³-hybridized carbons (Fsp3) is 0.240. The molecule has 1 aliphatic rings. The van der Waals surface area contributed by atoms with Gasteiger partial charge in [0, 0.05) is 11.4 Å². The van der Waals surface area contributed by atoms with E-state index < -0.39 is 11.4 Å². The van der Waals surface area contributed by atoms with Gasteiger partial charge < -0.3 is 19.5 Å². The average Bonchev–Trinajstić information content (AvgIpc) is 2.92. The summed E-state index contributed by atoms with van der Waals surface area (Å²) in [4.78, 5) is 15.9. The van der Waals surface area contributed by atoms with Crippen molar-refractivity contribution < 1.29 is 19.4 Å². The highest BCUT2D eigenvalue weighted by atomic mass is 32.2. The minimum atomic E-state index is -1.17. The van der Waals surface area contributed by atoms with Crippen LogP contribution in [0.3, 0.4) is 0 Å². The summed E-state index contributed by atoms with van der Waals surface area (Å²) in [5, 5.41) is 10.6. The molecule has 0 spiro atoms. The van der Waals surface area contributed by atoms with Gasteiger partial charge in [-0.2, -0.15) is 0 Å². The van der Waals surface area contributed by atoms with Gasteiger partial charge in [-0.05, 0) is 35.4 Å². The van der Waals surface area contributed by atoms with Crippen molar-refractivity contribution in [1.29, 1.82) is 0 Å². The number of carbonyl (C=O) groups excluding carboxylic acids is 1. The van der Waals surface area contributed by atoms with E-state index in [0.717, 1.165) is 27.5 Å². The number of amides is 1. The molecule has 0 saturated carbocycles. The van der Waals surface area contributed by atoms with Crippen molar-refractivity contribution >= 4 is 23.4 Å². The van der Waals surface area contributed by atoms with Crippen molar-refractivity contribution in [3.05, 3.63) is 90.0 Å². The van der Waals surface area contributed by atoms with E-state index in [1.165, 1.54) is 11.8 Å². The van der Waals surface area contributed by atoms with Crippen molar-refractivity contribution in [2.24, 2.45) is 0 Å². The van der Waals surface area contributed by atoms with Crippen molar-refractivity contribution in [2.45, 2.75) is 22.9 Å². The molecule has 0 aliphatic carbocycles. The molecule has 1 heterocycles. The molecular formula is C25H25NO4S. The van der Waals surface area contributed by atoms with Gasteiger partial charge in [0.2, 0.25) is 0 Å². The molecule has 0 fully saturated rings. The first-order valence-corrected chi connectivity index (χ1v) is 11.1. The summed E-state index contributed by atoms with van der Waals surface area (Å²) in [6, 6.07) is 25.2. The lowest BCUT2D eigenvalue weighted by Gasteiger charge is -2.25. The van der Waals surface area contributed by atoms with Gasteiger partial charge in [0.05, 0.1) is 31.3 Å². The second kappa shape index (κ2) is 10.0. The number of aliphatic hydroxyl groups excluding tert-OH is 1. The van der Waals surface area contributed by atoms with E-state index in [1.807, 2.05) is 78.9 Å². The van der Waals surface area contributed by atoms with Gasteiger partial charge in [0.1, 0.15) is 11.9 Å².